The van der Waals surface area contributed by atoms with E-state index in [1.807, 2.05) is 32.0 Å². The van der Waals surface area contributed by atoms with E-state index >= 15 is 0 Å². The summed E-state index contributed by atoms with van der Waals surface area (Å²) in [5.41, 5.74) is 3.58. The van der Waals surface area contributed by atoms with E-state index < -0.39 is 0 Å². The molecule has 2 rings (SSSR count). The minimum absolute atomic E-state index is 0.128. The number of rotatable bonds is 7. The zero-order chi connectivity index (χ0) is 18.9. The minimum Gasteiger partial charge on any atom is -0.484 e. The predicted molar refractivity (Wildman–Crippen MR) is 98.8 cm³/mol. The molecule has 0 saturated heterocycles. The second-order valence-electron chi connectivity index (χ2n) is 5.86. The number of anilines is 1. The van der Waals surface area contributed by atoms with Crippen LogP contribution in [0.25, 0.3) is 0 Å². The first-order chi connectivity index (χ1) is 12.5. The summed E-state index contributed by atoms with van der Waals surface area (Å²) in [5, 5.41) is 14.0. The fourth-order valence-electron chi connectivity index (χ4n) is 2.37. The van der Waals surface area contributed by atoms with Gasteiger partial charge in [-0.3, -0.25) is 9.59 Å². The second-order valence-corrected chi connectivity index (χ2v) is 5.86. The Hall–Kier alpha value is -3.33. The van der Waals surface area contributed by atoms with Gasteiger partial charge in [-0.25, -0.2) is 0 Å². The molecular weight excluding hydrogens is 330 g/mol. The number of hydrogen-bond donors (Lipinski definition) is 2. The van der Waals surface area contributed by atoms with Gasteiger partial charge in [-0.2, -0.15) is 5.26 Å². The van der Waals surface area contributed by atoms with Crippen molar-refractivity contribution >= 4 is 17.5 Å². The Morgan fingerprint density at radius 1 is 1.04 bits per heavy atom. The van der Waals surface area contributed by atoms with Crippen molar-refractivity contribution in [1.82, 2.24) is 5.32 Å². The molecule has 0 atom stereocenters. The molecule has 0 aromatic heterocycles. The number of ether oxygens (including phenoxy) is 1. The van der Waals surface area contributed by atoms with Gasteiger partial charge in [0.1, 0.15) is 5.75 Å². The van der Waals surface area contributed by atoms with Crippen LogP contribution in [-0.4, -0.2) is 25.0 Å². The van der Waals surface area contributed by atoms with Crippen molar-refractivity contribution in [1.29, 1.82) is 5.26 Å². The van der Waals surface area contributed by atoms with E-state index in [9.17, 15) is 9.59 Å². The molecule has 2 aromatic rings. The van der Waals surface area contributed by atoms with Crippen LogP contribution in [-0.2, 0) is 16.0 Å². The Balaban J connectivity index is 1.76. The Morgan fingerprint density at radius 3 is 2.31 bits per heavy atom. The summed E-state index contributed by atoms with van der Waals surface area (Å²) >= 11 is 0. The second kappa shape index (κ2) is 9.23. The van der Waals surface area contributed by atoms with Crippen LogP contribution in [0.2, 0.25) is 0 Å². The van der Waals surface area contributed by atoms with Gasteiger partial charge in [-0.05, 0) is 42.7 Å². The first kappa shape index (κ1) is 19.0. The molecule has 0 fully saturated rings. The number of para-hydroxylation sites is 1. The molecule has 0 bridgehead atoms. The molecule has 0 aliphatic rings. The number of carbonyl (C=O) groups excluding carboxylic acids is 2. The van der Waals surface area contributed by atoms with Gasteiger partial charge in [-0.1, -0.05) is 30.3 Å². The number of hydrogen-bond acceptors (Lipinski definition) is 4. The van der Waals surface area contributed by atoms with Crippen LogP contribution in [0.5, 0.6) is 5.75 Å². The molecule has 0 unspecified atom stereocenters. The largest absolute Gasteiger partial charge is 0.484 e. The van der Waals surface area contributed by atoms with Crippen molar-refractivity contribution in [3.05, 3.63) is 59.2 Å². The molecule has 0 aliphatic heterocycles. The zero-order valence-electron chi connectivity index (χ0n) is 14.8. The van der Waals surface area contributed by atoms with Crippen molar-refractivity contribution in [3.8, 4) is 11.8 Å². The van der Waals surface area contributed by atoms with Crippen LogP contribution in [0.15, 0.2) is 42.5 Å². The fourth-order valence-corrected chi connectivity index (χ4v) is 2.37. The topological polar surface area (TPSA) is 91.2 Å². The normalized spacial score (nSPS) is 9.88. The maximum absolute atomic E-state index is 12.0. The number of amides is 2. The molecule has 6 nitrogen and oxygen atoms in total. The van der Waals surface area contributed by atoms with Gasteiger partial charge in [-0.15, -0.1) is 0 Å². The number of benzene rings is 2. The van der Waals surface area contributed by atoms with E-state index in [0.29, 0.717) is 12.2 Å². The summed E-state index contributed by atoms with van der Waals surface area (Å²) in [7, 11) is 0. The molecule has 6 heteroatoms. The molecule has 0 saturated carbocycles. The minimum atomic E-state index is -0.386. The van der Waals surface area contributed by atoms with Gasteiger partial charge in [0.25, 0.3) is 5.91 Å². The third-order valence-corrected chi connectivity index (χ3v) is 3.77. The molecule has 0 heterocycles. The average Bonchev–Trinajstić information content (AvgIpc) is 2.63. The average molecular weight is 351 g/mol. The molecule has 2 amide bonds. The summed E-state index contributed by atoms with van der Waals surface area (Å²) in [6, 6.07) is 14.8. The highest BCUT2D eigenvalue weighted by atomic mass is 16.5. The van der Waals surface area contributed by atoms with E-state index in [1.165, 1.54) is 0 Å². The number of aryl methyl sites for hydroxylation is 2. The van der Waals surface area contributed by atoms with Gasteiger partial charge in [0, 0.05) is 5.69 Å². The molecule has 2 aromatic carbocycles. The maximum Gasteiger partial charge on any atom is 0.258 e. The SMILES string of the molecule is Cc1cccc(C)c1NC(=O)CNC(=O)COc1ccc(CC#N)cc1. The molecule has 0 aliphatic carbocycles. The van der Waals surface area contributed by atoms with Crippen LogP contribution in [0.4, 0.5) is 5.69 Å². The summed E-state index contributed by atoms with van der Waals surface area (Å²) < 4.78 is 5.36. The molecule has 0 radical (unpaired) electrons. The van der Waals surface area contributed by atoms with Crippen molar-refractivity contribution < 1.29 is 14.3 Å². The summed E-state index contributed by atoms with van der Waals surface area (Å²) in [4.78, 5) is 23.8. The standard InChI is InChI=1S/C20H21N3O3/c1-14-4-3-5-15(2)20(14)23-18(24)12-22-19(25)13-26-17-8-6-16(7-9-17)10-11-21/h3-9H,10,12-13H2,1-2H3,(H,22,25)(H,23,24). The first-order valence-electron chi connectivity index (χ1n) is 8.21. The number of carbonyl (C=O) groups is 2. The highest BCUT2D eigenvalue weighted by molar-refractivity contribution is 5.95. The smallest absolute Gasteiger partial charge is 0.258 e. The van der Waals surface area contributed by atoms with Crippen molar-refractivity contribution in [2.24, 2.45) is 0 Å². The van der Waals surface area contributed by atoms with Crippen molar-refractivity contribution in [3.63, 3.8) is 0 Å². The molecular formula is C20H21N3O3. The monoisotopic (exact) mass is 351 g/mol. The van der Waals surface area contributed by atoms with E-state index in [1.54, 1.807) is 24.3 Å². The van der Waals surface area contributed by atoms with Gasteiger partial charge >= 0.3 is 0 Å². The maximum atomic E-state index is 12.0. The van der Waals surface area contributed by atoms with Gasteiger partial charge < -0.3 is 15.4 Å². The van der Waals surface area contributed by atoms with Gasteiger partial charge in [0.2, 0.25) is 5.91 Å². The summed E-state index contributed by atoms with van der Waals surface area (Å²) in [6.07, 6.45) is 0.330. The zero-order valence-corrected chi connectivity index (χ0v) is 14.8. The van der Waals surface area contributed by atoms with E-state index in [0.717, 1.165) is 22.4 Å². The van der Waals surface area contributed by atoms with Crippen molar-refractivity contribution in [2.45, 2.75) is 20.3 Å². The quantitative estimate of drug-likeness (QED) is 0.802. The van der Waals surface area contributed by atoms with E-state index in [-0.39, 0.29) is 25.0 Å². The van der Waals surface area contributed by atoms with Gasteiger partial charge in [0.15, 0.2) is 6.61 Å². The lowest BCUT2D eigenvalue weighted by Gasteiger charge is -2.12. The number of nitrogens with one attached hydrogen (secondary N) is 2. The van der Waals surface area contributed by atoms with Crippen LogP contribution in [0.1, 0.15) is 16.7 Å². The van der Waals surface area contributed by atoms with Crippen LogP contribution < -0.4 is 15.4 Å². The lowest BCUT2D eigenvalue weighted by molar-refractivity contribution is -0.125. The van der Waals surface area contributed by atoms with Gasteiger partial charge in [0.05, 0.1) is 19.0 Å². The fraction of sp³-hybridized carbons (Fsp3) is 0.250. The molecule has 2 N–H and O–H groups in total. The van der Waals surface area contributed by atoms with Crippen molar-refractivity contribution in [2.75, 3.05) is 18.5 Å². The first-order valence-corrected chi connectivity index (χ1v) is 8.21. The van der Waals surface area contributed by atoms with Crippen LogP contribution in [0.3, 0.4) is 0 Å². The number of nitriles is 1. The lowest BCUT2D eigenvalue weighted by atomic mass is 10.1. The lowest BCUT2D eigenvalue weighted by Crippen LogP contribution is -2.36. The Morgan fingerprint density at radius 2 is 1.69 bits per heavy atom. The number of nitrogens with zero attached hydrogens (tertiary/aromatic N) is 1. The van der Waals surface area contributed by atoms with Crippen LogP contribution in [0, 0.1) is 25.2 Å². The third kappa shape index (κ3) is 5.64. The predicted octanol–water partition coefficient (Wildman–Crippen LogP) is 2.50. The van der Waals surface area contributed by atoms with Crippen LogP contribution >= 0.6 is 0 Å². The highest BCUT2D eigenvalue weighted by Crippen LogP contribution is 2.19. The highest BCUT2D eigenvalue weighted by Gasteiger charge is 2.09. The van der Waals surface area contributed by atoms with E-state index in [4.69, 9.17) is 10.00 Å². The summed E-state index contributed by atoms with van der Waals surface area (Å²) in [6.45, 7) is 3.51. The summed E-state index contributed by atoms with van der Waals surface area (Å²) in [5.74, 6) is -0.152. The molecule has 26 heavy (non-hydrogen) atoms. The molecule has 0 spiro atoms. The third-order valence-electron chi connectivity index (χ3n) is 3.77. The molecule has 134 valence electrons. The Bertz CT molecular complexity index is 803. The Labute approximate surface area is 152 Å². The Kier molecular flexibility index (Phi) is 6.75. The van der Waals surface area contributed by atoms with E-state index in [2.05, 4.69) is 16.7 Å².